The molecule has 1 aromatic rings. The number of hydrogen-bond acceptors (Lipinski definition) is 5. The van der Waals surface area contributed by atoms with Gasteiger partial charge in [-0.3, -0.25) is 10.1 Å². The molecule has 0 amide bonds. The number of hydrogen-bond donors (Lipinski definition) is 3. The Labute approximate surface area is 124 Å². The van der Waals surface area contributed by atoms with E-state index < -0.39 is 0 Å². The van der Waals surface area contributed by atoms with Crippen molar-refractivity contribution in [2.75, 3.05) is 30.3 Å². The largest absolute Gasteiger partial charge is 0.396 e. The van der Waals surface area contributed by atoms with E-state index in [1.54, 1.807) is 12.1 Å². The molecular weight excluding hydrogens is 270 g/mol. The first kappa shape index (κ1) is 15.6. The monoisotopic (exact) mass is 293 g/mol. The molecule has 6 nitrogen and oxygen atoms in total. The summed E-state index contributed by atoms with van der Waals surface area (Å²) in [5, 5.41) is 26.7. The molecule has 1 fully saturated rings. The minimum Gasteiger partial charge on any atom is -0.396 e. The fourth-order valence-corrected chi connectivity index (χ4v) is 2.50. The second-order valence-corrected chi connectivity index (χ2v) is 5.71. The molecular formula is C15H23N3O3. The van der Waals surface area contributed by atoms with Crippen molar-refractivity contribution < 1.29 is 10.0 Å². The van der Waals surface area contributed by atoms with Gasteiger partial charge in [0.15, 0.2) is 0 Å². The molecule has 0 radical (unpaired) electrons. The van der Waals surface area contributed by atoms with Gasteiger partial charge in [-0.25, -0.2) is 0 Å². The Balaban J connectivity index is 2.12. The molecule has 21 heavy (non-hydrogen) atoms. The summed E-state index contributed by atoms with van der Waals surface area (Å²) >= 11 is 0. The maximum atomic E-state index is 11.4. The highest BCUT2D eigenvalue weighted by Gasteiger charge is 2.41. The van der Waals surface area contributed by atoms with Crippen LogP contribution in [0.3, 0.4) is 0 Å². The Kier molecular flexibility index (Phi) is 5.01. The van der Waals surface area contributed by atoms with Crippen LogP contribution in [-0.4, -0.2) is 29.7 Å². The lowest BCUT2D eigenvalue weighted by Crippen LogP contribution is -2.17. The van der Waals surface area contributed by atoms with Gasteiger partial charge in [-0.05, 0) is 43.2 Å². The van der Waals surface area contributed by atoms with Crippen molar-refractivity contribution in [3.8, 4) is 0 Å². The average Bonchev–Trinajstić information content (AvgIpc) is 3.23. The van der Waals surface area contributed by atoms with E-state index in [4.69, 9.17) is 5.11 Å². The lowest BCUT2D eigenvalue weighted by molar-refractivity contribution is -0.383. The fraction of sp³-hybridized carbons (Fsp3) is 0.600. The van der Waals surface area contributed by atoms with Crippen LogP contribution in [0.25, 0.3) is 0 Å². The highest BCUT2D eigenvalue weighted by molar-refractivity contribution is 5.76. The molecule has 1 saturated carbocycles. The van der Waals surface area contributed by atoms with Crippen LogP contribution in [0, 0.1) is 15.5 Å². The van der Waals surface area contributed by atoms with Crippen LogP contribution in [-0.2, 0) is 0 Å². The van der Waals surface area contributed by atoms with Crippen molar-refractivity contribution in [1.29, 1.82) is 0 Å². The van der Waals surface area contributed by atoms with Gasteiger partial charge in [-0.2, -0.15) is 0 Å². The minimum atomic E-state index is -0.341. The first-order valence-corrected chi connectivity index (χ1v) is 7.48. The molecule has 0 atom stereocenters. The molecule has 1 aromatic carbocycles. The lowest BCUT2D eigenvalue weighted by Gasteiger charge is -2.16. The van der Waals surface area contributed by atoms with Crippen LogP contribution in [0.15, 0.2) is 18.2 Å². The summed E-state index contributed by atoms with van der Waals surface area (Å²) in [5.41, 5.74) is 1.32. The van der Waals surface area contributed by atoms with Crippen molar-refractivity contribution in [2.24, 2.45) is 5.41 Å². The molecule has 0 heterocycles. The first-order valence-electron chi connectivity index (χ1n) is 7.48. The quantitative estimate of drug-likeness (QED) is 0.481. The van der Waals surface area contributed by atoms with Crippen molar-refractivity contribution in [3.63, 3.8) is 0 Å². The summed E-state index contributed by atoms with van der Waals surface area (Å²) in [4.78, 5) is 11.0. The van der Waals surface area contributed by atoms with Gasteiger partial charge in [0, 0.05) is 19.7 Å². The first-order chi connectivity index (χ1) is 10.1. The Bertz CT molecular complexity index is 501. The van der Waals surface area contributed by atoms with E-state index in [-0.39, 0.29) is 22.6 Å². The number of aliphatic hydroxyl groups excluding tert-OH is 1. The Hall–Kier alpha value is -1.82. The molecule has 3 N–H and O–H groups in total. The van der Waals surface area contributed by atoms with Crippen LogP contribution in [0.2, 0.25) is 0 Å². The number of rotatable bonds is 9. The maximum Gasteiger partial charge on any atom is 0.315 e. The normalized spacial score (nSPS) is 15.5. The SMILES string of the molecule is CCCNc1cccc(NCC2(CCO)CC2)c1[N+](=O)[O-]. The van der Waals surface area contributed by atoms with Crippen molar-refractivity contribution >= 4 is 17.1 Å². The second kappa shape index (κ2) is 6.76. The lowest BCUT2D eigenvalue weighted by atomic mass is 10.0. The Morgan fingerprint density at radius 1 is 1.33 bits per heavy atom. The molecule has 0 spiro atoms. The second-order valence-electron chi connectivity index (χ2n) is 5.71. The van der Waals surface area contributed by atoms with E-state index >= 15 is 0 Å². The number of nitro benzene ring substituents is 1. The number of nitro groups is 1. The highest BCUT2D eigenvalue weighted by atomic mass is 16.6. The van der Waals surface area contributed by atoms with E-state index in [1.165, 1.54) is 0 Å². The maximum absolute atomic E-state index is 11.4. The minimum absolute atomic E-state index is 0.103. The van der Waals surface area contributed by atoms with E-state index in [2.05, 4.69) is 10.6 Å². The zero-order chi connectivity index (χ0) is 15.3. The van der Waals surface area contributed by atoms with E-state index in [0.717, 1.165) is 25.7 Å². The predicted molar refractivity (Wildman–Crippen MR) is 83.7 cm³/mol. The van der Waals surface area contributed by atoms with Gasteiger partial charge in [0.25, 0.3) is 0 Å². The standard InChI is InChI=1S/C15H23N3O3/c1-2-9-16-12-4-3-5-13(14(12)18(20)21)17-11-15(6-7-15)8-10-19/h3-5,16-17,19H,2,6-11H2,1H3. The third kappa shape index (κ3) is 3.85. The van der Waals surface area contributed by atoms with Crippen LogP contribution >= 0.6 is 0 Å². The molecule has 0 unspecified atom stereocenters. The summed E-state index contributed by atoms with van der Waals surface area (Å²) in [6, 6.07) is 5.29. The zero-order valence-corrected chi connectivity index (χ0v) is 12.4. The van der Waals surface area contributed by atoms with Gasteiger partial charge in [-0.1, -0.05) is 13.0 Å². The number of nitrogens with zero attached hydrogens (tertiary/aromatic N) is 1. The average molecular weight is 293 g/mol. The summed E-state index contributed by atoms with van der Waals surface area (Å²) in [7, 11) is 0. The number of aliphatic hydroxyl groups is 1. The van der Waals surface area contributed by atoms with Crippen molar-refractivity contribution in [2.45, 2.75) is 32.6 Å². The smallest absolute Gasteiger partial charge is 0.315 e. The fourth-order valence-electron chi connectivity index (χ4n) is 2.50. The third-order valence-corrected chi connectivity index (χ3v) is 4.04. The molecule has 6 heteroatoms. The van der Waals surface area contributed by atoms with Crippen LogP contribution in [0.5, 0.6) is 0 Å². The Morgan fingerprint density at radius 3 is 2.52 bits per heavy atom. The summed E-state index contributed by atoms with van der Waals surface area (Å²) in [6.07, 6.45) is 3.81. The molecule has 1 aliphatic carbocycles. The van der Waals surface area contributed by atoms with E-state index in [0.29, 0.717) is 24.5 Å². The number of para-hydroxylation sites is 1. The summed E-state index contributed by atoms with van der Waals surface area (Å²) < 4.78 is 0. The van der Waals surface area contributed by atoms with Gasteiger partial charge in [0.2, 0.25) is 0 Å². The Morgan fingerprint density at radius 2 is 2.00 bits per heavy atom. The highest BCUT2D eigenvalue weighted by Crippen LogP contribution is 2.49. The van der Waals surface area contributed by atoms with Crippen molar-refractivity contribution in [1.82, 2.24) is 0 Å². The van der Waals surface area contributed by atoms with Gasteiger partial charge >= 0.3 is 5.69 Å². The molecule has 2 rings (SSSR count). The topological polar surface area (TPSA) is 87.4 Å². The van der Waals surface area contributed by atoms with Gasteiger partial charge in [0.05, 0.1) is 4.92 Å². The van der Waals surface area contributed by atoms with Crippen LogP contribution in [0.1, 0.15) is 32.6 Å². The van der Waals surface area contributed by atoms with Gasteiger partial charge in [-0.15, -0.1) is 0 Å². The number of nitrogens with one attached hydrogen (secondary N) is 2. The third-order valence-electron chi connectivity index (χ3n) is 4.04. The number of anilines is 2. The predicted octanol–water partition coefficient (Wildman–Crippen LogP) is 2.99. The molecule has 0 bridgehead atoms. The van der Waals surface area contributed by atoms with E-state index in [1.807, 2.05) is 13.0 Å². The molecule has 0 aliphatic heterocycles. The van der Waals surface area contributed by atoms with Gasteiger partial charge < -0.3 is 15.7 Å². The summed E-state index contributed by atoms with van der Waals surface area (Å²) in [5.74, 6) is 0. The zero-order valence-electron chi connectivity index (χ0n) is 12.4. The summed E-state index contributed by atoms with van der Waals surface area (Å²) in [6.45, 7) is 3.57. The van der Waals surface area contributed by atoms with Crippen molar-refractivity contribution in [3.05, 3.63) is 28.3 Å². The molecule has 116 valence electrons. The van der Waals surface area contributed by atoms with Crippen LogP contribution < -0.4 is 10.6 Å². The van der Waals surface area contributed by atoms with Gasteiger partial charge in [0.1, 0.15) is 11.4 Å². The molecule has 0 aromatic heterocycles. The number of benzene rings is 1. The molecule has 0 saturated heterocycles. The van der Waals surface area contributed by atoms with Crippen LogP contribution in [0.4, 0.5) is 17.1 Å². The van der Waals surface area contributed by atoms with E-state index in [9.17, 15) is 10.1 Å². The molecule has 1 aliphatic rings.